The van der Waals surface area contributed by atoms with Crippen LogP contribution < -0.4 is 5.32 Å². The number of hydrogen-bond donors (Lipinski definition) is 1. The number of carbonyl (C=O) groups excluding carboxylic acids is 2. The zero-order chi connectivity index (χ0) is 15.7. The Morgan fingerprint density at radius 1 is 1.36 bits per heavy atom. The molecule has 1 aliphatic rings. The molecule has 1 aromatic carbocycles. The molecular weight excluding hydrogens is 302 g/mol. The maximum atomic E-state index is 12.1. The van der Waals surface area contributed by atoms with Crippen molar-refractivity contribution in [2.24, 2.45) is 0 Å². The molecule has 0 aliphatic carbocycles. The fourth-order valence-electron chi connectivity index (χ4n) is 2.60. The molecule has 2 aromatic rings. The highest BCUT2D eigenvalue weighted by atomic mass is 35.5. The van der Waals surface area contributed by atoms with Crippen molar-refractivity contribution in [3.05, 3.63) is 48.1 Å². The molecule has 1 aromatic heterocycles. The number of halogens is 1. The van der Waals surface area contributed by atoms with E-state index in [1.54, 1.807) is 4.90 Å². The van der Waals surface area contributed by atoms with Gasteiger partial charge >= 0.3 is 0 Å². The molecule has 0 spiro atoms. The summed E-state index contributed by atoms with van der Waals surface area (Å²) in [5.74, 6) is -0.176. The molecule has 0 radical (unpaired) electrons. The van der Waals surface area contributed by atoms with E-state index in [0.29, 0.717) is 18.1 Å². The Bertz CT molecular complexity index is 747. The zero-order valence-electron chi connectivity index (χ0n) is 12.0. The number of carbonyl (C=O) groups is 2. The monoisotopic (exact) mass is 317 g/mol. The zero-order valence-corrected chi connectivity index (χ0v) is 12.7. The lowest BCUT2D eigenvalue weighted by molar-refractivity contribution is -0.133. The number of hydrogen-bond acceptors (Lipinski definition) is 2. The van der Waals surface area contributed by atoms with Crippen molar-refractivity contribution in [2.45, 2.75) is 12.6 Å². The number of amides is 2. The van der Waals surface area contributed by atoms with Crippen LogP contribution in [0.4, 0.5) is 0 Å². The molecule has 5 nitrogen and oxygen atoms in total. The highest BCUT2D eigenvalue weighted by Crippen LogP contribution is 2.20. The highest BCUT2D eigenvalue weighted by Gasteiger charge is 2.30. The lowest BCUT2D eigenvalue weighted by Crippen LogP contribution is -2.61. The van der Waals surface area contributed by atoms with E-state index >= 15 is 0 Å². The Hall–Kier alpha value is -2.27. The van der Waals surface area contributed by atoms with E-state index in [9.17, 15) is 9.59 Å². The van der Waals surface area contributed by atoms with Crippen molar-refractivity contribution >= 4 is 34.3 Å². The fraction of sp³-hybridized carbons (Fsp3) is 0.250. The molecule has 3 rings (SSSR count). The maximum absolute atomic E-state index is 12.1. The molecule has 0 atom stereocenters. The van der Waals surface area contributed by atoms with E-state index in [-0.39, 0.29) is 24.4 Å². The average molecular weight is 318 g/mol. The summed E-state index contributed by atoms with van der Waals surface area (Å²) in [5, 5.41) is 4.61. The minimum atomic E-state index is -0.100. The van der Waals surface area contributed by atoms with Gasteiger partial charge in [0.05, 0.1) is 6.04 Å². The van der Waals surface area contributed by atoms with Gasteiger partial charge in [0, 0.05) is 29.8 Å². The first-order chi connectivity index (χ1) is 10.6. The summed E-state index contributed by atoms with van der Waals surface area (Å²) in [5.41, 5.74) is 0.930. The first-order valence-corrected chi connectivity index (χ1v) is 7.39. The van der Waals surface area contributed by atoms with Crippen LogP contribution in [-0.2, 0) is 16.1 Å². The Labute approximate surface area is 133 Å². The van der Waals surface area contributed by atoms with Crippen LogP contribution >= 0.6 is 11.6 Å². The van der Waals surface area contributed by atoms with Gasteiger partial charge < -0.3 is 14.8 Å². The maximum Gasteiger partial charge on any atom is 0.246 e. The number of benzene rings is 1. The SMILES string of the molecule is C=CC(=O)N1CC(NC(=O)Cn2ccc3ccc(Cl)cc32)C1. The second-order valence-corrected chi connectivity index (χ2v) is 5.79. The van der Waals surface area contributed by atoms with E-state index in [2.05, 4.69) is 11.9 Å². The van der Waals surface area contributed by atoms with Crippen molar-refractivity contribution in [1.82, 2.24) is 14.8 Å². The molecule has 2 heterocycles. The number of likely N-dealkylation sites (tertiary alicyclic amines) is 1. The van der Waals surface area contributed by atoms with Crippen LogP contribution in [-0.4, -0.2) is 40.4 Å². The smallest absolute Gasteiger partial charge is 0.246 e. The predicted molar refractivity (Wildman–Crippen MR) is 85.7 cm³/mol. The molecule has 1 N–H and O–H groups in total. The van der Waals surface area contributed by atoms with Crippen molar-refractivity contribution in [1.29, 1.82) is 0 Å². The second-order valence-electron chi connectivity index (χ2n) is 5.36. The van der Waals surface area contributed by atoms with Gasteiger partial charge in [0.2, 0.25) is 11.8 Å². The van der Waals surface area contributed by atoms with Crippen LogP contribution in [0, 0.1) is 0 Å². The van der Waals surface area contributed by atoms with Gasteiger partial charge in [-0.05, 0) is 29.7 Å². The minimum absolute atomic E-state index is 0.0156. The first kappa shape index (κ1) is 14.7. The predicted octanol–water partition coefficient (Wildman–Crippen LogP) is 1.81. The number of fused-ring (bicyclic) bond motifs is 1. The molecule has 0 unspecified atom stereocenters. The molecule has 6 heteroatoms. The normalized spacial score (nSPS) is 14.7. The van der Waals surface area contributed by atoms with Gasteiger partial charge in [0.25, 0.3) is 0 Å². The van der Waals surface area contributed by atoms with Gasteiger partial charge in [-0.25, -0.2) is 0 Å². The first-order valence-electron chi connectivity index (χ1n) is 7.02. The van der Waals surface area contributed by atoms with Gasteiger partial charge in [0.1, 0.15) is 6.54 Å². The number of rotatable bonds is 4. The van der Waals surface area contributed by atoms with Crippen molar-refractivity contribution < 1.29 is 9.59 Å². The molecule has 22 heavy (non-hydrogen) atoms. The quantitative estimate of drug-likeness (QED) is 0.874. The lowest BCUT2D eigenvalue weighted by atomic mass is 10.1. The van der Waals surface area contributed by atoms with Crippen LogP contribution in [0.3, 0.4) is 0 Å². The van der Waals surface area contributed by atoms with Crippen molar-refractivity contribution in [3.63, 3.8) is 0 Å². The van der Waals surface area contributed by atoms with E-state index in [4.69, 9.17) is 11.6 Å². The van der Waals surface area contributed by atoms with E-state index in [0.717, 1.165) is 10.9 Å². The largest absolute Gasteiger partial charge is 0.348 e. The standard InChI is InChI=1S/C16H16ClN3O2/c1-2-16(22)20-8-13(9-20)18-15(21)10-19-6-5-11-3-4-12(17)7-14(11)19/h2-7,13H,1,8-10H2,(H,18,21). The van der Waals surface area contributed by atoms with Gasteiger partial charge in [-0.15, -0.1) is 0 Å². The summed E-state index contributed by atoms with van der Waals surface area (Å²) in [6.07, 6.45) is 3.16. The average Bonchev–Trinajstić information content (AvgIpc) is 2.84. The molecule has 1 saturated heterocycles. The Morgan fingerprint density at radius 2 is 2.14 bits per heavy atom. The summed E-state index contributed by atoms with van der Waals surface area (Å²) in [4.78, 5) is 25.1. The van der Waals surface area contributed by atoms with Gasteiger partial charge in [-0.3, -0.25) is 9.59 Å². The molecule has 0 saturated carbocycles. The third-order valence-corrected chi connectivity index (χ3v) is 4.02. The summed E-state index contributed by atoms with van der Waals surface area (Å²) in [6, 6.07) is 7.57. The van der Waals surface area contributed by atoms with Crippen LogP contribution in [0.5, 0.6) is 0 Å². The molecule has 1 aliphatic heterocycles. The van der Waals surface area contributed by atoms with Crippen LogP contribution in [0.25, 0.3) is 10.9 Å². The van der Waals surface area contributed by atoms with Crippen molar-refractivity contribution in [3.8, 4) is 0 Å². The van der Waals surface area contributed by atoms with Crippen molar-refractivity contribution in [2.75, 3.05) is 13.1 Å². The van der Waals surface area contributed by atoms with Crippen LogP contribution in [0.15, 0.2) is 43.1 Å². The van der Waals surface area contributed by atoms with E-state index in [1.165, 1.54) is 6.08 Å². The van der Waals surface area contributed by atoms with E-state index in [1.807, 2.05) is 35.0 Å². The summed E-state index contributed by atoms with van der Waals surface area (Å²) >= 11 is 6.00. The third kappa shape index (κ3) is 2.85. The Morgan fingerprint density at radius 3 is 2.86 bits per heavy atom. The topological polar surface area (TPSA) is 54.3 Å². The van der Waals surface area contributed by atoms with Crippen LogP contribution in [0.2, 0.25) is 5.02 Å². The lowest BCUT2D eigenvalue weighted by Gasteiger charge is -2.38. The fourth-order valence-corrected chi connectivity index (χ4v) is 2.77. The number of aromatic nitrogens is 1. The molecule has 114 valence electrons. The second kappa shape index (κ2) is 5.85. The Balaban J connectivity index is 1.59. The molecule has 2 amide bonds. The molecular formula is C16H16ClN3O2. The third-order valence-electron chi connectivity index (χ3n) is 3.78. The van der Waals surface area contributed by atoms with Gasteiger partial charge in [-0.1, -0.05) is 24.2 Å². The number of nitrogens with zero attached hydrogens (tertiary/aromatic N) is 2. The molecule has 0 bridgehead atoms. The summed E-state index contributed by atoms with van der Waals surface area (Å²) in [7, 11) is 0. The molecule has 1 fully saturated rings. The summed E-state index contributed by atoms with van der Waals surface area (Å²) in [6.45, 7) is 4.75. The minimum Gasteiger partial charge on any atom is -0.348 e. The van der Waals surface area contributed by atoms with Gasteiger partial charge in [-0.2, -0.15) is 0 Å². The Kier molecular flexibility index (Phi) is 3.90. The highest BCUT2D eigenvalue weighted by molar-refractivity contribution is 6.31. The summed E-state index contributed by atoms with van der Waals surface area (Å²) < 4.78 is 1.86. The van der Waals surface area contributed by atoms with Crippen LogP contribution in [0.1, 0.15) is 0 Å². The van der Waals surface area contributed by atoms with E-state index < -0.39 is 0 Å². The number of nitrogens with one attached hydrogen (secondary N) is 1. The van der Waals surface area contributed by atoms with Gasteiger partial charge in [0.15, 0.2) is 0 Å².